The first-order chi connectivity index (χ1) is 40.6. The second-order valence-electron chi connectivity index (χ2n) is 25.5. The number of esters is 4. The lowest BCUT2D eigenvalue weighted by Crippen LogP contribution is -2.30. The quantitative estimate of drug-likeness (QED) is 0.0222. The normalized spacial score (nSPS) is 14.7. The fourth-order valence-corrected chi connectivity index (χ4v) is 11.3. The van der Waals surface area contributed by atoms with Crippen LogP contribution < -0.4 is 0 Å². The molecular formula is C66H128O17P2. The van der Waals surface area contributed by atoms with Crippen LogP contribution >= 0.6 is 15.6 Å². The van der Waals surface area contributed by atoms with Crippen molar-refractivity contribution < 1.29 is 80.2 Å². The van der Waals surface area contributed by atoms with Gasteiger partial charge < -0.3 is 33.8 Å². The SMILES string of the molecule is CCC(C)CCCCCCCCC(=O)OC[C@H](COP(=O)(O)OCC(O)COP(=O)(O)OC[C@@H](COC(=O)CCCCCCCCCCC(C)C)OC(=O)CCCCCCCCCC(C)C)OC(=O)CCCCCCCCCCCCCC(C)C. The smallest absolute Gasteiger partial charge is 0.462 e. The Morgan fingerprint density at radius 1 is 0.329 bits per heavy atom. The fraction of sp³-hybridized carbons (Fsp3) is 0.939. The minimum Gasteiger partial charge on any atom is -0.462 e. The summed E-state index contributed by atoms with van der Waals surface area (Å²) in [5.74, 6) is 0.780. The second kappa shape index (κ2) is 56.1. The fourth-order valence-electron chi connectivity index (χ4n) is 9.75. The lowest BCUT2D eigenvalue weighted by molar-refractivity contribution is -0.161. The van der Waals surface area contributed by atoms with Crippen molar-refractivity contribution >= 4 is 39.5 Å². The van der Waals surface area contributed by atoms with Gasteiger partial charge in [0.2, 0.25) is 0 Å². The summed E-state index contributed by atoms with van der Waals surface area (Å²) in [6.07, 6.45) is 36.3. The third-order valence-corrected chi connectivity index (χ3v) is 17.3. The number of ether oxygens (including phenoxy) is 4. The van der Waals surface area contributed by atoms with Crippen LogP contribution in [0.5, 0.6) is 0 Å². The van der Waals surface area contributed by atoms with Crippen LogP contribution in [0.25, 0.3) is 0 Å². The Bertz CT molecular complexity index is 1700. The first-order valence-electron chi connectivity index (χ1n) is 34.2. The van der Waals surface area contributed by atoms with E-state index in [1.54, 1.807) is 0 Å². The molecule has 0 fully saturated rings. The predicted octanol–water partition coefficient (Wildman–Crippen LogP) is 18.1. The summed E-state index contributed by atoms with van der Waals surface area (Å²) in [6.45, 7) is 14.0. The predicted molar refractivity (Wildman–Crippen MR) is 340 cm³/mol. The topological polar surface area (TPSA) is 237 Å². The van der Waals surface area contributed by atoms with Crippen LogP contribution in [-0.2, 0) is 65.4 Å². The lowest BCUT2D eigenvalue weighted by atomic mass is 10.00. The van der Waals surface area contributed by atoms with Crippen LogP contribution in [0.4, 0.5) is 0 Å². The molecule has 6 atom stereocenters. The van der Waals surface area contributed by atoms with Crippen LogP contribution in [0.2, 0.25) is 0 Å². The van der Waals surface area contributed by atoms with E-state index >= 15 is 0 Å². The van der Waals surface area contributed by atoms with E-state index in [4.69, 9.17) is 37.0 Å². The maximum absolute atomic E-state index is 13.0. The van der Waals surface area contributed by atoms with Gasteiger partial charge in [0, 0.05) is 25.7 Å². The number of unbranched alkanes of at least 4 members (excludes halogenated alkanes) is 28. The molecule has 0 bridgehead atoms. The summed E-state index contributed by atoms with van der Waals surface area (Å²) in [5, 5.41) is 10.5. The zero-order valence-corrected chi connectivity index (χ0v) is 57.0. The zero-order chi connectivity index (χ0) is 63.2. The van der Waals surface area contributed by atoms with Crippen molar-refractivity contribution in [2.75, 3.05) is 39.6 Å². The van der Waals surface area contributed by atoms with Gasteiger partial charge in [-0.1, -0.05) is 267 Å². The van der Waals surface area contributed by atoms with E-state index in [2.05, 4.69) is 55.4 Å². The number of rotatable bonds is 63. The van der Waals surface area contributed by atoms with E-state index in [0.29, 0.717) is 31.6 Å². The minimum atomic E-state index is -4.95. The number of phosphoric acid groups is 2. The molecule has 504 valence electrons. The van der Waals surface area contributed by atoms with Gasteiger partial charge in [0.25, 0.3) is 0 Å². The molecule has 0 aromatic heterocycles. The monoisotopic (exact) mass is 1250 g/mol. The van der Waals surface area contributed by atoms with E-state index in [1.165, 1.54) is 116 Å². The Morgan fingerprint density at radius 2 is 0.565 bits per heavy atom. The highest BCUT2D eigenvalue weighted by atomic mass is 31.2. The second-order valence-corrected chi connectivity index (χ2v) is 28.4. The maximum atomic E-state index is 13.0. The molecule has 0 saturated carbocycles. The molecule has 4 unspecified atom stereocenters. The molecule has 19 heteroatoms. The number of aliphatic hydroxyl groups excluding tert-OH is 1. The molecule has 0 aliphatic carbocycles. The van der Waals surface area contributed by atoms with Crippen molar-refractivity contribution in [1.82, 2.24) is 0 Å². The highest BCUT2D eigenvalue weighted by Crippen LogP contribution is 2.45. The number of hydrogen-bond acceptors (Lipinski definition) is 15. The van der Waals surface area contributed by atoms with Crippen LogP contribution in [0.1, 0.15) is 319 Å². The summed E-state index contributed by atoms with van der Waals surface area (Å²) in [6, 6.07) is 0. The summed E-state index contributed by atoms with van der Waals surface area (Å²) in [5.41, 5.74) is 0. The third-order valence-electron chi connectivity index (χ3n) is 15.4. The van der Waals surface area contributed by atoms with E-state index in [0.717, 1.165) is 114 Å². The molecule has 0 rings (SSSR count). The van der Waals surface area contributed by atoms with Gasteiger partial charge in [-0.2, -0.15) is 0 Å². The van der Waals surface area contributed by atoms with Crippen LogP contribution in [0, 0.1) is 23.7 Å². The van der Waals surface area contributed by atoms with Gasteiger partial charge in [0.05, 0.1) is 26.4 Å². The van der Waals surface area contributed by atoms with Gasteiger partial charge in [0.1, 0.15) is 19.3 Å². The van der Waals surface area contributed by atoms with Crippen LogP contribution in [0.3, 0.4) is 0 Å². The van der Waals surface area contributed by atoms with Crippen molar-refractivity contribution in [3.8, 4) is 0 Å². The largest absolute Gasteiger partial charge is 0.472 e. The van der Waals surface area contributed by atoms with Crippen LogP contribution in [0.15, 0.2) is 0 Å². The Hall–Kier alpha value is -1.94. The lowest BCUT2D eigenvalue weighted by Gasteiger charge is -2.21. The first kappa shape index (κ1) is 83.1. The molecule has 0 aromatic rings. The summed E-state index contributed by atoms with van der Waals surface area (Å²) in [7, 11) is -9.89. The number of carbonyl (C=O) groups excluding carboxylic acids is 4. The number of aliphatic hydroxyl groups is 1. The van der Waals surface area contributed by atoms with Gasteiger partial charge in [-0.3, -0.25) is 37.3 Å². The molecule has 0 aromatic carbocycles. The van der Waals surface area contributed by atoms with E-state index in [1.807, 2.05) is 0 Å². The van der Waals surface area contributed by atoms with Gasteiger partial charge in [-0.05, 0) is 49.4 Å². The number of carbonyl (C=O) groups is 4. The standard InChI is InChI=1S/C66H128O17P2/c1-9-59(8)45-37-29-24-25-31-39-47-64(69)77-53-62(82-65(70)48-40-32-22-14-12-10-11-13-18-26-34-42-56(2)3)55-81-85(74,75)79-51-60(67)50-78-84(72,73)80-54-61(83-66(71)49-41-33-23-17-20-28-36-44-58(6)7)52-76-63(68)46-38-30-21-16-15-19-27-35-43-57(4)5/h56-62,67H,9-55H2,1-8H3,(H,72,73)(H,74,75)/t59?,60?,61-,62-/m1/s1. The molecule has 0 radical (unpaired) electrons. The van der Waals surface area contributed by atoms with Crippen LogP contribution in [-0.4, -0.2) is 96.7 Å². The molecule has 17 nitrogen and oxygen atoms in total. The summed E-state index contributed by atoms with van der Waals surface area (Å²) >= 11 is 0. The average Bonchev–Trinajstić information content (AvgIpc) is 3.47. The van der Waals surface area contributed by atoms with Crippen molar-refractivity contribution in [2.45, 2.75) is 337 Å². The molecule has 0 heterocycles. The number of hydrogen-bond donors (Lipinski definition) is 3. The molecule has 0 spiro atoms. The van der Waals surface area contributed by atoms with E-state index in [-0.39, 0.29) is 25.7 Å². The van der Waals surface area contributed by atoms with E-state index in [9.17, 15) is 43.2 Å². The molecule has 0 amide bonds. The van der Waals surface area contributed by atoms with Gasteiger partial charge >= 0.3 is 39.5 Å². The van der Waals surface area contributed by atoms with Gasteiger partial charge in [-0.15, -0.1) is 0 Å². The molecule has 0 aliphatic heterocycles. The Morgan fingerprint density at radius 3 is 0.835 bits per heavy atom. The average molecular weight is 1260 g/mol. The Kier molecular flexibility index (Phi) is 54.8. The highest BCUT2D eigenvalue weighted by molar-refractivity contribution is 7.47. The van der Waals surface area contributed by atoms with E-state index < -0.39 is 97.5 Å². The molecule has 3 N–H and O–H groups in total. The van der Waals surface area contributed by atoms with Gasteiger partial charge in [-0.25, -0.2) is 9.13 Å². The van der Waals surface area contributed by atoms with Crippen molar-refractivity contribution in [2.24, 2.45) is 23.7 Å². The van der Waals surface area contributed by atoms with Gasteiger partial charge in [0.15, 0.2) is 12.2 Å². The minimum absolute atomic E-state index is 0.102. The van der Waals surface area contributed by atoms with Crippen molar-refractivity contribution in [3.05, 3.63) is 0 Å². The summed E-state index contributed by atoms with van der Waals surface area (Å²) in [4.78, 5) is 72.3. The highest BCUT2D eigenvalue weighted by Gasteiger charge is 2.30. The third kappa shape index (κ3) is 59.5. The maximum Gasteiger partial charge on any atom is 0.472 e. The Labute approximate surface area is 517 Å². The summed E-state index contributed by atoms with van der Waals surface area (Å²) < 4.78 is 68.1. The number of phosphoric ester groups is 2. The molecule has 0 aliphatic rings. The van der Waals surface area contributed by atoms with Crippen molar-refractivity contribution in [1.29, 1.82) is 0 Å². The molecule has 0 saturated heterocycles. The molecular weight excluding hydrogens is 1130 g/mol. The Balaban J connectivity index is 5.25. The molecule has 85 heavy (non-hydrogen) atoms. The van der Waals surface area contributed by atoms with Crippen molar-refractivity contribution in [3.63, 3.8) is 0 Å². The zero-order valence-electron chi connectivity index (χ0n) is 55.2. The first-order valence-corrected chi connectivity index (χ1v) is 37.2.